The number of piperidine rings is 1. The van der Waals surface area contributed by atoms with Crippen molar-refractivity contribution in [1.82, 2.24) is 10.3 Å². The number of hydrogen-bond donors (Lipinski definition) is 2. The first-order chi connectivity index (χ1) is 15.2. The van der Waals surface area contributed by atoms with E-state index in [0.29, 0.717) is 11.6 Å². The van der Waals surface area contributed by atoms with E-state index in [9.17, 15) is 4.79 Å². The van der Waals surface area contributed by atoms with Crippen LogP contribution in [0.3, 0.4) is 0 Å². The van der Waals surface area contributed by atoms with Crippen LogP contribution in [0.25, 0.3) is 0 Å². The molecule has 6 nitrogen and oxygen atoms in total. The summed E-state index contributed by atoms with van der Waals surface area (Å²) in [5.41, 5.74) is 2.55. The predicted octanol–water partition coefficient (Wildman–Crippen LogP) is 4.10. The van der Waals surface area contributed by atoms with Gasteiger partial charge in [0.25, 0.3) is 5.91 Å². The lowest BCUT2D eigenvalue weighted by atomic mass is 10.0. The summed E-state index contributed by atoms with van der Waals surface area (Å²) in [5.74, 6) is 1.66. The van der Waals surface area contributed by atoms with Crippen LogP contribution in [0.15, 0.2) is 72.9 Å². The second-order valence-corrected chi connectivity index (χ2v) is 7.71. The molecule has 160 valence electrons. The molecule has 3 aromatic rings. The first-order valence-electron chi connectivity index (χ1n) is 10.6. The number of carbonyl (C=O) groups excluding carboxylic acids is 1. The molecule has 31 heavy (non-hydrogen) atoms. The number of amides is 1. The van der Waals surface area contributed by atoms with Crippen LogP contribution in [0.1, 0.15) is 28.8 Å². The molecule has 0 unspecified atom stereocenters. The Kier molecular flexibility index (Phi) is 6.79. The Balaban J connectivity index is 1.27. The van der Waals surface area contributed by atoms with Gasteiger partial charge in [-0.05, 0) is 66.9 Å². The van der Waals surface area contributed by atoms with Gasteiger partial charge in [-0.2, -0.15) is 0 Å². The van der Waals surface area contributed by atoms with Crippen LogP contribution in [0.4, 0.5) is 11.5 Å². The van der Waals surface area contributed by atoms with Crippen LogP contribution in [0.5, 0.6) is 5.75 Å². The smallest absolute Gasteiger partial charge is 0.255 e. The van der Waals surface area contributed by atoms with Gasteiger partial charge >= 0.3 is 0 Å². The number of pyridine rings is 1. The van der Waals surface area contributed by atoms with E-state index in [4.69, 9.17) is 4.74 Å². The van der Waals surface area contributed by atoms with Gasteiger partial charge in [-0.3, -0.25) is 4.79 Å². The van der Waals surface area contributed by atoms with Crippen molar-refractivity contribution >= 4 is 17.4 Å². The largest absolute Gasteiger partial charge is 0.497 e. The van der Waals surface area contributed by atoms with E-state index in [-0.39, 0.29) is 5.91 Å². The van der Waals surface area contributed by atoms with Crippen LogP contribution in [0.2, 0.25) is 0 Å². The van der Waals surface area contributed by atoms with Gasteiger partial charge in [0.2, 0.25) is 0 Å². The SMILES string of the molecule is COc1ccc(C(=O)Nc2cccc(CNC3CCN(c4ccccn4)CC3)c2)cc1. The van der Waals surface area contributed by atoms with Gasteiger partial charge in [0, 0.05) is 43.1 Å². The minimum absolute atomic E-state index is 0.130. The molecule has 0 aliphatic carbocycles. The van der Waals surface area contributed by atoms with Gasteiger partial charge in [-0.1, -0.05) is 18.2 Å². The number of methoxy groups -OCH3 is 1. The molecule has 1 aliphatic rings. The Morgan fingerprint density at radius 3 is 2.58 bits per heavy atom. The molecule has 0 bridgehead atoms. The second kappa shape index (κ2) is 10.1. The minimum Gasteiger partial charge on any atom is -0.497 e. The highest BCUT2D eigenvalue weighted by atomic mass is 16.5. The van der Waals surface area contributed by atoms with Crippen LogP contribution in [0, 0.1) is 0 Å². The molecular formula is C25H28N4O2. The number of nitrogens with one attached hydrogen (secondary N) is 2. The number of ether oxygens (including phenoxy) is 1. The molecule has 1 aromatic heterocycles. The molecule has 0 spiro atoms. The summed E-state index contributed by atoms with van der Waals surface area (Å²) in [7, 11) is 1.61. The third kappa shape index (κ3) is 5.61. The predicted molar refractivity (Wildman–Crippen MR) is 124 cm³/mol. The molecule has 4 rings (SSSR count). The van der Waals surface area contributed by atoms with Crippen molar-refractivity contribution in [2.24, 2.45) is 0 Å². The van der Waals surface area contributed by atoms with Crippen molar-refractivity contribution in [3.63, 3.8) is 0 Å². The Morgan fingerprint density at radius 1 is 1.06 bits per heavy atom. The van der Waals surface area contributed by atoms with E-state index >= 15 is 0 Å². The second-order valence-electron chi connectivity index (χ2n) is 7.71. The standard InChI is InChI=1S/C25H28N4O2/c1-31-23-10-8-20(9-11-23)25(30)28-22-6-4-5-19(17-22)18-27-21-12-15-29(16-13-21)24-7-2-3-14-26-24/h2-11,14,17,21,27H,12-13,15-16,18H2,1H3,(H,28,30). The van der Waals surface area contributed by atoms with Crippen LogP contribution < -0.4 is 20.3 Å². The van der Waals surface area contributed by atoms with Gasteiger partial charge in [-0.25, -0.2) is 4.98 Å². The maximum atomic E-state index is 12.5. The maximum Gasteiger partial charge on any atom is 0.255 e. The zero-order chi connectivity index (χ0) is 21.5. The van der Waals surface area contributed by atoms with E-state index in [2.05, 4.69) is 32.7 Å². The summed E-state index contributed by atoms with van der Waals surface area (Å²) in [6, 6.07) is 21.6. The molecule has 6 heteroatoms. The van der Waals surface area contributed by atoms with Gasteiger partial charge in [-0.15, -0.1) is 0 Å². The fraction of sp³-hybridized carbons (Fsp3) is 0.280. The summed E-state index contributed by atoms with van der Waals surface area (Å²) in [6.45, 7) is 2.79. The van der Waals surface area contributed by atoms with E-state index in [1.807, 2.05) is 36.5 Å². The molecule has 1 aliphatic heterocycles. The Labute approximate surface area is 183 Å². The van der Waals surface area contributed by atoms with Crippen molar-refractivity contribution in [2.75, 3.05) is 30.4 Å². The maximum absolute atomic E-state index is 12.5. The molecule has 1 amide bonds. The molecule has 2 heterocycles. The number of aromatic nitrogens is 1. The number of benzene rings is 2. The van der Waals surface area contributed by atoms with Crippen molar-refractivity contribution in [2.45, 2.75) is 25.4 Å². The zero-order valence-corrected chi connectivity index (χ0v) is 17.8. The lowest BCUT2D eigenvalue weighted by Gasteiger charge is -2.33. The molecule has 0 atom stereocenters. The van der Waals surface area contributed by atoms with Gasteiger partial charge in [0.15, 0.2) is 0 Å². The average Bonchev–Trinajstić information content (AvgIpc) is 2.84. The third-order valence-electron chi connectivity index (χ3n) is 5.60. The van der Waals surface area contributed by atoms with E-state index in [1.165, 1.54) is 0 Å². The van der Waals surface area contributed by atoms with Crippen LogP contribution in [-0.4, -0.2) is 37.1 Å². The van der Waals surface area contributed by atoms with E-state index in [0.717, 1.165) is 55.3 Å². The monoisotopic (exact) mass is 416 g/mol. The summed E-state index contributed by atoms with van der Waals surface area (Å²) < 4.78 is 5.14. The topological polar surface area (TPSA) is 66.5 Å². The number of carbonyl (C=O) groups is 1. The highest BCUT2D eigenvalue weighted by Crippen LogP contribution is 2.19. The molecule has 1 fully saturated rings. The van der Waals surface area contributed by atoms with Crippen molar-refractivity contribution in [3.8, 4) is 5.75 Å². The quantitative estimate of drug-likeness (QED) is 0.607. The summed E-state index contributed by atoms with van der Waals surface area (Å²) in [6.07, 6.45) is 4.02. The Bertz CT molecular complexity index is 984. The molecule has 0 saturated carbocycles. The van der Waals surface area contributed by atoms with Crippen LogP contribution >= 0.6 is 0 Å². The first-order valence-corrected chi connectivity index (χ1v) is 10.6. The minimum atomic E-state index is -0.130. The van der Waals surface area contributed by atoms with Crippen LogP contribution in [-0.2, 0) is 6.54 Å². The van der Waals surface area contributed by atoms with Crippen molar-refractivity contribution in [1.29, 1.82) is 0 Å². The number of hydrogen-bond acceptors (Lipinski definition) is 5. The summed E-state index contributed by atoms with van der Waals surface area (Å²) in [4.78, 5) is 19.3. The van der Waals surface area contributed by atoms with Gasteiger partial charge < -0.3 is 20.3 Å². The molecule has 1 saturated heterocycles. The Morgan fingerprint density at radius 2 is 1.87 bits per heavy atom. The number of anilines is 2. The number of rotatable bonds is 7. The normalized spacial score (nSPS) is 14.3. The van der Waals surface area contributed by atoms with Gasteiger partial charge in [0.1, 0.15) is 11.6 Å². The molecule has 2 aromatic carbocycles. The van der Waals surface area contributed by atoms with E-state index < -0.39 is 0 Å². The lowest BCUT2D eigenvalue weighted by molar-refractivity contribution is 0.102. The average molecular weight is 417 g/mol. The highest BCUT2D eigenvalue weighted by Gasteiger charge is 2.19. The van der Waals surface area contributed by atoms with Crippen molar-refractivity contribution < 1.29 is 9.53 Å². The first kappa shape index (κ1) is 20.9. The molecular weight excluding hydrogens is 388 g/mol. The van der Waals surface area contributed by atoms with E-state index in [1.54, 1.807) is 31.4 Å². The van der Waals surface area contributed by atoms with Gasteiger partial charge in [0.05, 0.1) is 7.11 Å². The summed E-state index contributed by atoms with van der Waals surface area (Å²) >= 11 is 0. The zero-order valence-electron chi connectivity index (χ0n) is 17.8. The Hall–Kier alpha value is -3.38. The number of nitrogens with zero attached hydrogens (tertiary/aromatic N) is 2. The highest BCUT2D eigenvalue weighted by molar-refractivity contribution is 6.04. The summed E-state index contributed by atoms with van der Waals surface area (Å²) in [5, 5.41) is 6.64. The lowest BCUT2D eigenvalue weighted by Crippen LogP contribution is -2.42. The van der Waals surface area contributed by atoms with Crippen molar-refractivity contribution in [3.05, 3.63) is 84.1 Å². The third-order valence-corrected chi connectivity index (χ3v) is 5.60. The fourth-order valence-electron chi connectivity index (χ4n) is 3.82. The fourth-order valence-corrected chi connectivity index (χ4v) is 3.82. The molecule has 2 N–H and O–H groups in total. The molecule has 0 radical (unpaired) electrons.